The van der Waals surface area contributed by atoms with E-state index in [0.717, 1.165) is 0 Å². The predicted octanol–water partition coefficient (Wildman–Crippen LogP) is 2.35. The number of furan rings is 1. The van der Waals surface area contributed by atoms with Crippen molar-refractivity contribution in [1.29, 1.82) is 0 Å². The van der Waals surface area contributed by atoms with Crippen molar-refractivity contribution in [2.75, 3.05) is 0 Å². The predicted molar refractivity (Wildman–Crippen MR) is 82.8 cm³/mol. The van der Waals surface area contributed by atoms with E-state index in [4.69, 9.17) is 27.6 Å². The van der Waals surface area contributed by atoms with E-state index >= 15 is 0 Å². The van der Waals surface area contributed by atoms with Gasteiger partial charge in [0.2, 0.25) is 0 Å². The minimum absolute atomic E-state index is 0.117. The summed E-state index contributed by atoms with van der Waals surface area (Å²) >= 11 is 11.7. The first-order valence-corrected chi connectivity index (χ1v) is 6.90. The van der Waals surface area contributed by atoms with Crippen LogP contribution in [0, 0.1) is 0 Å². The maximum Gasteiger partial charge on any atom is 0.329 e. The van der Waals surface area contributed by atoms with Gasteiger partial charge in [0.25, 0.3) is 0 Å². The van der Waals surface area contributed by atoms with Gasteiger partial charge in [-0.05, 0) is 24.3 Å². The lowest BCUT2D eigenvalue weighted by Gasteiger charge is -2.02. The van der Waals surface area contributed by atoms with Crippen LogP contribution in [-0.4, -0.2) is 18.0 Å². The van der Waals surface area contributed by atoms with Gasteiger partial charge >= 0.3 is 11.8 Å². The molecule has 114 valence electrons. The number of hydrogen-bond donors (Lipinski definition) is 2. The number of halogens is 2. The van der Waals surface area contributed by atoms with Crippen LogP contribution in [0.5, 0.6) is 0 Å². The van der Waals surface area contributed by atoms with Gasteiger partial charge in [-0.1, -0.05) is 29.3 Å². The molecule has 0 fully saturated rings. The average Bonchev–Trinajstić information content (AvgIpc) is 3.00. The van der Waals surface area contributed by atoms with Crippen molar-refractivity contribution in [2.24, 2.45) is 5.10 Å². The zero-order chi connectivity index (χ0) is 15.9. The van der Waals surface area contributed by atoms with Crippen molar-refractivity contribution < 1.29 is 14.0 Å². The van der Waals surface area contributed by atoms with E-state index in [9.17, 15) is 9.59 Å². The molecule has 2 N–H and O–H groups in total. The molecule has 1 aromatic carbocycles. The van der Waals surface area contributed by atoms with Crippen molar-refractivity contribution >= 4 is 41.2 Å². The van der Waals surface area contributed by atoms with Crippen LogP contribution in [0.15, 0.2) is 46.1 Å². The molecule has 8 heteroatoms. The van der Waals surface area contributed by atoms with E-state index < -0.39 is 11.8 Å². The van der Waals surface area contributed by atoms with Crippen LogP contribution in [0.3, 0.4) is 0 Å². The summed E-state index contributed by atoms with van der Waals surface area (Å²) in [6.07, 6.45) is 2.79. The summed E-state index contributed by atoms with van der Waals surface area (Å²) in [6.45, 7) is 0.117. The van der Waals surface area contributed by atoms with Crippen molar-refractivity contribution in [1.82, 2.24) is 10.7 Å². The Bertz CT molecular complexity index is 699. The molecule has 6 nitrogen and oxygen atoms in total. The van der Waals surface area contributed by atoms with Crippen LogP contribution in [0.1, 0.15) is 11.3 Å². The van der Waals surface area contributed by atoms with E-state index in [1.165, 1.54) is 12.5 Å². The largest absolute Gasteiger partial charge is 0.467 e. The van der Waals surface area contributed by atoms with Crippen LogP contribution >= 0.6 is 23.2 Å². The molecule has 0 spiro atoms. The third-order valence-corrected chi connectivity index (χ3v) is 3.10. The highest BCUT2D eigenvalue weighted by Crippen LogP contribution is 2.19. The van der Waals surface area contributed by atoms with Crippen LogP contribution < -0.4 is 10.7 Å². The van der Waals surface area contributed by atoms with Gasteiger partial charge in [-0.25, -0.2) is 5.43 Å². The summed E-state index contributed by atoms with van der Waals surface area (Å²) in [5.74, 6) is -1.18. The molecule has 22 heavy (non-hydrogen) atoms. The Morgan fingerprint density at radius 1 is 1.23 bits per heavy atom. The van der Waals surface area contributed by atoms with Crippen LogP contribution in [-0.2, 0) is 16.1 Å². The number of nitrogens with zero attached hydrogens (tertiary/aromatic N) is 1. The Balaban J connectivity index is 1.83. The first-order valence-electron chi connectivity index (χ1n) is 6.15. The van der Waals surface area contributed by atoms with E-state index in [2.05, 4.69) is 15.8 Å². The summed E-state index contributed by atoms with van der Waals surface area (Å²) in [4.78, 5) is 23.0. The summed E-state index contributed by atoms with van der Waals surface area (Å²) in [5.41, 5.74) is 2.66. The molecule has 0 radical (unpaired) electrons. The first kappa shape index (κ1) is 16.1. The second kappa shape index (κ2) is 7.63. The highest BCUT2D eigenvalue weighted by Gasteiger charge is 2.12. The number of hydrogen-bond acceptors (Lipinski definition) is 4. The van der Waals surface area contributed by atoms with Gasteiger partial charge in [-0.2, -0.15) is 5.10 Å². The Kier molecular flexibility index (Phi) is 5.57. The molecular weight excluding hydrogens is 329 g/mol. The summed E-state index contributed by atoms with van der Waals surface area (Å²) in [5, 5.41) is 6.92. The van der Waals surface area contributed by atoms with Crippen LogP contribution in [0.25, 0.3) is 0 Å². The van der Waals surface area contributed by atoms with Gasteiger partial charge in [-0.15, -0.1) is 0 Å². The number of amides is 2. The lowest BCUT2D eigenvalue weighted by molar-refractivity contribution is -0.139. The van der Waals surface area contributed by atoms with Crippen molar-refractivity contribution in [3.63, 3.8) is 0 Å². The summed E-state index contributed by atoms with van der Waals surface area (Å²) < 4.78 is 5.02. The fourth-order valence-corrected chi connectivity index (χ4v) is 1.94. The molecule has 2 amide bonds. The fraction of sp³-hybridized carbons (Fsp3) is 0.0714. The number of carbonyl (C=O) groups is 2. The van der Waals surface area contributed by atoms with Gasteiger partial charge < -0.3 is 9.73 Å². The molecule has 2 rings (SSSR count). The van der Waals surface area contributed by atoms with Gasteiger partial charge in [0.05, 0.1) is 24.0 Å². The summed E-state index contributed by atoms with van der Waals surface area (Å²) in [6, 6.07) is 8.17. The summed E-state index contributed by atoms with van der Waals surface area (Å²) in [7, 11) is 0. The molecule has 0 aliphatic rings. The average molecular weight is 340 g/mol. The molecule has 0 aliphatic heterocycles. The van der Waals surface area contributed by atoms with E-state index in [-0.39, 0.29) is 6.54 Å². The normalized spacial score (nSPS) is 10.6. The molecular formula is C14H11Cl2N3O3. The number of nitrogens with one attached hydrogen (secondary N) is 2. The monoisotopic (exact) mass is 339 g/mol. The zero-order valence-corrected chi connectivity index (χ0v) is 12.7. The van der Waals surface area contributed by atoms with Crippen LogP contribution in [0.2, 0.25) is 10.0 Å². The second-order valence-corrected chi connectivity index (χ2v) is 4.97. The van der Waals surface area contributed by atoms with E-state index in [1.54, 1.807) is 30.3 Å². The molecule has 0 unspecified atom stereocenters. The SMILES string of the molecule is O=C(NCc1ccco1)C(=O)NN=Cc1ccc(Cl)cc1Cl. The number of benzene rings is 1. The Morgan fingerprint density at radius 2 is 2.05 bits per heavy atom. The Hall–Kier alpha value is -2.31. The molecule has 0 saturated carbocycles. The lowest BCUT2D eigenvalue weighted by Crippen LogP contribution is -2.37. The molecule has 0 saturated heterocycles. The minimum atomic E-state index is -0.895. The quantitative estimate of drug-likeness (QED) is 0.509. The topological polar surface area (TPSA) is 83.7 Å². The lowest BCUT2D eigenvalue weighted by atomic mass is 10.2. The van der Waals surface area contributed by atoms with E-state index in [0.29, 0.717) is 21.4 Å². The highest BCUT2D eigenvalue weighted by molar-refractivity contribution is 6.36. The Labute approximate surface area is 136 Å². The molecule has 0 aliphatic carbocycles. The number of carbonyl (C=O) groups excluding carboxylic acids is 2. The van der Waals surface area contributed by atoms with Crippen molar-refractivity contribution in [3.05, 3.63) is 58.0 Å². The standard InChI is InChI=1S/C14H11Cl2N3O3/c15-10-4-3-9(12(16)6-10)7-18-19-14(21)13(20)17-8-11-2-1-5-22-11/h1-7H,8H2,(H,17,20)(H,19,21). The third-order valence-electron chi connectivity index (χ3n) is 2.54. The third kappa shape index (κ3) is 4.61. The van der Waals surface area contributed by atoms with E-state index in [1.807, 2.05) is 0 Å². The number of rotatable bonds is 4. The molecule has 1 heterocycles. The molecule has 1 aromatic heterocycles. The van der Waals surface area contributed by atoms with Gasteiger partial charge in [0.1, 0.15) is 5.76 Å². The smallest absolute Gasteiger partial charge is 0.329 e. The van der Waals surface area contributed by atoms with Gasteiger partial charge in [-0.3, -0.25) is 9.59 Å². The first-order chi connectivity index (χ1) is 10.6. The van der Waals surface area contributed by atoms with Gasteiger partial charge in [0.15, 0.2) is 0 Å². The van der Waals surface area contributed by atoms with Crippen molar-refractivity contribution in [3.8, 4) is 0 Å². The maximum absolute atomic E-state index is 11.5. The highest BCUT2D eigenvalue weighted by atomic mass is 35.5. The van der Waals surface area contributed by atoms with Crippen LogP contribution in [0.4, 0.5) is 0 Å². The molecule has 2 aromatic rings. The number of hydrazone groups is 1. The Morgan fingerprint density at radius 3 is 2.73 bits per heavy atom. The zero-order valence-electron chi connectivity index (χ0n) is 11.2. The minimum Gasteiger partial charge on any atom is -0.467 e. The molecule has 0 bridgehead atoms. The molecule has 0 atom stereocenters. The fourth-order valence-electron chi connectivity index (χ4n) is 1.48. The van der Waals surface area contributed by atoms with Gasteiger partial charge in [0, 0.05) is 10.6 Å². The second-order valence-electron chi connectivity index (χ2n) is 4.13. The van der Waals surface area contributed by atoms with Crippen molar-refractivity contribution in [2.45, 2.75) is 6.54 Å². The maximum atomic E-state index is 11.5.